The molecule has 4 aromatic carbocycles. The first-order chi connectivity index (χ1) is 28.5. The van der Waals surface area contributed by atoms with Crippen molar-refractivity contribution in [1.29, 1.82) is 0 Å². The zero-order valence-corrected chi connectivity index (χ0v) is 34.6. The van der Waals surface area contributed by atoms with Gasteiger partial charge in [-0.1, -0.05) is 60.7 Å². The van der Waals surface area contributed by atoms with Gasteiger partial charge in [0.2, 0.25) is 0 Å². The minimum absolute atomic E-state index is 0.198. The first-order valence-corrected chi connectivity index (χ1v) is 19.0. The molecule has 0 spiro atoms. The van der Waals surface area contributed by atoms with Crippen LogP contribution in [-0.2, 0) is 9.47 Å². The molecule has 14 nitrogen and oxygen atoms in total. The fourth-order valence-corrected chi connectivity index (χ4v) is 6.26. The van der Waals surface area contributed by atoms with Gasteiger partial charge in [0.1, 0.15) is 46.0 Å². The van der Waals surface area contributed by atoms with E-state index in [1.165, 1.54) is 14.2 Å². The molecule has 0 radical (unpaired) electrons. The number of pyridine rings is 2. The zero-order valence-electron chi connectivity index (χ0n) is 34.6. The molecule has 60 heavy (non-hydrogen) atoms. The maximum atomic E-state index is 13.8. The van der Waals surface area contributed by atoms with E-state index < -0.39 is 35.2 Å². The summed E-state index contributed by atoms with van der Waals surface area (Å²) in [6, 6.07) is 32.1. The Hall–Kier alpha value is -7.48. The number of carbonyl (C=O) groups excluding carboxylic acids is 4. The van der Waals surface area contributed by atoms with Crippen LogP contribution in [0.3, 0.4) is 0 Å². The Bertz CT molecular complexity index is 2420. The van der Waals surface area contributed by atoms with Crippen molar-refractivity contribution < 1.29 is 38.1 Å². The van der Waals surface area contributed by atoms with Gasteiger partial charge in [-0.3, -0.25) is 20.2 Å². The minimum atomic E-state index is -0.701. The molecular weight excluding hydrogens is 765 g/mol. The summed E-state index contributed by atoms with van der Waals surface area (Å²) < 4.78 is 21.9. The van der Waals surface area contributed by atoms with Crippen LogP contribution in [0.5, 0.6) is 11.5 Å². The topological polar surface area (TPSA) is 179 Å². The van der Waals surface area contributed by atoms with Crippen molar-refractivity contribution in [3.8, 4) is 33.8 Å². The van der Waals surface area contributed by atoms with E-state index in [9.17, 15) is 19.2 Å². The molecule has 0 unspecified atom stereocenters. The van der Waals surface area contributed by atoms with E-state index in [0.717, 1.165) is 33.0 Å². The summed E-state index contributed by atoms with van der Waals surface area (Å²) >= 11 is 0. The van der Waals surface area contributed by atoms with Crippen molar-refractivity contribution >= 4 is 58.0 Å². The van der Waals surface area contributed by atoms with E-state index in [1.54, 1.807) is 102 Å². The van der Waals surface area contributed by atoms with Crippen LogP contribution < -0.4 is 30.7 Å². The lowest BCUT2D eigenvalue weighted by Crippen LogP contribution is -2.27. The van der Waals surface area contributed by atoms with E-state index in [0.29, 0.717) is 11.5 Å². The molecule has 0 bridgehead atoms. The summed E-state index contributed by atoms with van der Waals surface area (Å²) in [4.78, 5) is 61.1. The molecule has 6 rings (SSSR count). The highest BCUT2D eigenvalue weighted by molar-refractivity contribution is 6.11. The maximum Gasteiger partial charge on any atom is 0.413 e. The average Bonchev–Trinajstić information content (AvgIpc) is 3.18. The Kier molecular flexibility index (Phi) is 12.3. The summed E-state index contributed by atoms with van der Waals surface area (Å²) in [5.41, 5.74) is 2.19. The van der Waals surface area contributed by atoms with Crippen LogP contribution in [0, 0.1) is 0 Å². The molecule has 0 saturated heterocycles. The SMILES string of the molecule is COc1ccc(-c2cccc3cccc(-c4ccc(OC)c(C(=O)Nc5cccc(NC(=O)OC(C)(C)C)n5)c4)c23)cc1C(=O)Nc1cccc(NC(=O)OC(C)(C)C)n1. The van der Waals surface area contributed by atoms with Gasteiger partial charge in [0.15, 0.2) is 0 Å². The van der Waals surface area contributed by atoms with Gasteiger partial charge in [-0.05, 0) is 123 Å². The van der Waals surface area contributed by atoms with Gasteiger partial charge in [0.25, 0.3) is 11.8 Å². The molecule has 0 saturated carbocycles. The Balaban J connectivity index is 1.31. The molecule has 2 heterocycles. The van der Waals surface area contributed by atoms with Crippen molar-refractivity contribution in [3.05, 3.63) is 120 Å². The summed E-state index contributed by atoms with van der Waals surface area (Å²) in [6.45, 7) is 10.5. The number of rotatable bonds is 10. The molecule has 2 aromatic heterocycles. The van der Waals surface area contributed by atoms with Crippen molar-refractivity contribution in [2.75, 3.05) is 35.5 Å². The van der Waals surface area contributed by atoms with Crippen molar-refractivity contribution in [2.24, 2.45) is 0 Å². The van der Waals surface area contributed by atoms with Crippen molar-refractivity contribution in [3.63, 3.8) is 0 Å². The molecule has 6 aromatic rings. The maximum absolute atomic E-state index is 13.8. The summed E-state index contributed by atoms with van der Waals surface area (Å²) in [6.07, 6.45) is -1.35. The minimum Gasteiger partial charge on any atom is -0.496 e. The highest BCUT2D eigenvalue weighted by Crippen LogP contribution is 2.39. The van der Waals surface area contributed by atoms with E-state index in [-0.39, 0.29) is 34.4 Å². The smallest absolute Gasteiger partial charge is 0.413 e. The van der Waals surface area contributed by atoms with Gasteiger partial charge in [-0.15, -0.1) is 0 Å². The number of nitrogens with one attached hydrogen (secondary N) is 4. The van der Waals surface area contributed by atoms with Gasteiger partial charge < -0.3 is 29.6 Å². The van der Waals surface area contributed by atoms with Gasteiger partial charge >= 0.3 is 12.2 Å². The lowest BCUT2D eigenvalue weighted by molar-refractivity contribution is 0.0624. The number of hydrogen-bond acceptors (Lipinski definition) is 10. The van der Waals surface area contributed by atoms with Crippen LogP contribution >= 0.6 is 0 Å². The molecule has 4 N–H and O–H groups in total. The van der Waals surface area contributed by atoms with Gasteiger partial charge in [-0.25, -0.2) is 19.6 Å². The second-order valence-corrected chi connectivity index (χ2v) is 15.5. The largest absolute Gasteiger partial charge is 0.496 e. The Morgan fingerprint density at radius 1 is 0.483 bits per heavy atom. The summed E-state index contributed by atoms with van der Waals surface area (Å²) in [7, 11) is 2.97. The van der Waals surface area contributed by atoms with Crippen LogP contribution in [0.4, 0.5) is 32.9 Å². The normalized spacial score (nSPS) is 11.3. The van der Waals surface area contributed by atoms with Crippen molar-refractivity contribution in [2.45, 2.75) is 52.7 Å². The zero-order chi connectivity index (χ0) is 43.2. The van der Waals surface area contributed by atoms with E-state index in [2.05, 4.69) is 31.2 Å². The molecule has 0 atom stereocenters. The lowest BCUT2D eigenvalue weighted by atomic mass is 9.90. The molecule has 308 valence electrons. The number of hydrogen-bond donors (Lipinski definition) is 4. The summed E-state index contributed by atoms with van der Waals surface area (Å²) in [5, 5.41) is 12.6. The van der Waals surface area contributed by atoms with Crippen LogP contribution in [0.25, 0.3) is 33.0 Å². The number of methoxy groups -OCH3 is 2. The second kappa shape index (κ2) is 17.6. The third kappa shape index (κ3) is 10.5. The number of fused-ring (bicyclic) bond motifs is 1. The number of amides is 4. The van der Waals surface area contributed by atoms with Crippen LogP contribution in [0.2, 0.25) is 0 Å². The second-order valence-electron chi connectivity index (χ2n) is 15.5. The molecule has 0 aliphatic carbocycles. The molecule has 0 aliphatic rings. The Morgan fingerprint density at radius 2 is 0.850 bits per heavy atom. The third-order valence-electron chi connectivity index (χ3n) is 8.65. The fraction of sp³-hybridized carbons (Fsp3) is 0.217. The van der Waals surface area contributed by atoms with Gasteiger partial charge in [0, 0.05) is 0 Å². The van der Waals surface area contributed by atoms with E-state index >= 15 is 0 Å². The molecule has 14 heteroatoms. The highest BCUT2D eigenvalue weighted by atomic mass is 16.6. The molecule has 0 aliphatic heterocycles. The van der Waals surface area contributed by atoms with Gasteiger partial charge in [-0.2, -0.15) is 0 Å². The average molecular weight is 811 g/mol. The number of carbonyl (C=O) groups is 4. The fourth-order valence-electron chi connectivity index (χ4n) is 6.26. The van der Waals surface area contributed by atoms with Crippen LogP contribution in [0.1, 0.15) is 62.3 Å². The Morgan fingerprint density at radius 3 is 1.22 bits per heavy atom. The molecular formula is C46H46N6O8. The number of benzene rings is 4. The first kappa shape index (κ1) is 42.1. The predicted octanol–water partition coefficient (Wildman–Crippen LogP) is 10.2. The number of aromatic nitrogens is 2. The number of anilines is 4. The predicted molar refractivity (Wildman–Crippen MR) is 232 cm³/mol. The van der Waals surface area contributed by atoms with Crippen LogP contribution in [0.15, 0.2) is 109 Å². The first-order valence-electron chi connectivity index (χ1n) is 19.0. The molecule has 4 amide bonds. The quantitative estimate of drug-likeness (QED) is 0.104. The van der Waals surface area contributed by atoms with E-state index in [4.69, 9.17) is 18.9 Å². The summed E-state index contributed by atoms with van der Waals surface area (Å²) in [5.74, 6) is 0.511. The number of ether oxygens (including phenoxy) is 4. The highest BCUT2D eigenvalue weighted by Gasteiger charge is 2.21. The van der Waals surface area contributed by atoms with Crippen molar-refractivity contribution in [1.82, 2.24) is 9.97 Å². The lowest BCUT2D eigenvalue weighted by Gasteiger charge is -2.19. The van der Waals surface area contributed by atoms with Crippen LogP contribution in [-0.4, -0.2) is 59.4 Å². The van der Waals surface area contributed by atoms with Gasteiger partial charge in [0.05, 0.1) is 25.3 Å². The van der Waals surface area contributed by atoms with E-state index in [1.807, 2.05) is 48.5 Å². The third-order valence-corrected chi connectivity index (χ3v) is 8.65. The Labute approximate surface area is 347 Å². The standard InChI is InChI=1S/C46H46N6O8/c1-45(2,3)59-43(55)51-38-19-11-17-36(47-38)49-41(53)32-25-28(21-23-34(32)57-7)30-15-9-13-27-14-10-16-31(40(27)30)29-22-24-35(58-8)33(26-29)42(54)50-37-18-12-20-39(48-37)52-44(56)60-46(4,5)6/h9-26H,1-8H3,(H2,47,49,51,53,55)(H2,48,50,52,54,56). The monoisotopic (exact) mass is 810 g/mol. The molecule has 0 fully saturated rings. The number of nitrogens with zero attached hydrogens (tertiary/aromatic N) is 2.